The molecule has 0 aliphatic carbocycles. The van der Waals surface area contributed by atoms with Gasteiger partial charge >= 0.3 is 0 Å². The minimum atomic E-state index is -0.00332. The summed E-state index contributed by atoms with van der Waals surface area (Å²) in [6.45, 7) is 16.9. The summed E-state index contributed by atoms with van der Waals surface area (Å²) in [6, 6.07) is 0. The van der Waals surface area contributed by atoms with Gasteiger partial charge in [-0.05, 0) is 27.7 Å². The van der Waals surface area contributed by atoms with Gasteiger partial charge in [0.05, 0.1) is 50.7 Å². The Morgan fingerprint density at radius 1 is 0.667 bits per heavy atom. The van der Waals surface area contributed by atoms with Crippen LogP contribution in [0.3, 0.4) is 0 Å². The largest absolute Gasteiger partial charge is 0.499 e. The highest BCUT2D eigenvalue weighted by atomic mass is 16.6. The smallest absolute Gasteiger partial charge is 0.118 e. The van der Waals surface area contributed by atoms with Gasteiger partial charge in [-0.3, -0.25) is 0 Å². The molecule has 0 aromatic heterocycles. The quantitative estimate of drug-likeness (QED) is 0.462. The Balaban J connectivity index is 3.64. The van der Waals surface area contributed by atoms with Crippen molar-refractivity contribution in [2.75, 3.05) is 26.4 Å². The van der Waals surface area contributed by atoms with Crippen LogP contribution in [0.4, 0.5) is 0 Å². The molecule has 0 bridgehead atoms. The fourth-order valence-corrected chi connectivity index (χ4v) is 1.45. The van der Waals surface area contributed by atoms with Crippen LogP contribution >= 0.6 is 0 Å². The summed E-state index contributed by atoms with van der Waals surface area (Å²) in [4.78, 5) is 0. The Bertz CT molecular complexity index is 269. The molecule has 0 radical (unpaired) electrons. The van der Waals surface area contributed by atoms with Crippen molar-refractivity contribution in [3.63, 3.8) is 0 Å². The highest BCUT2D eigenvalue weighted by molar-refractivity contribution is 4.59. The van der Waals surface area contributed by atoms with Gasteiger partial charge in [-0.2, -0.15) is 0 Å². The SMILES string of the molecule is C=COCC(C)OCC(C)OCC(C)OCC(C)OC=C. The van der Waals surface area contributed by atoms with E-state index >= 15 is 0 Å². The Kier molecular flexibility index (Phi) is 12.1. The van der Waals surface area contributed by atoms with Crippen LogP contribution in [0.2, 0.25) is 0 Å². The van der Waals surface area contributed by atoms with Crippen molar-refractivity contribution in [2.45, 2.75) is 52.1 Å². The predicted octanol–water partition coefficient (Wildman–Crippen LogP) is 2.91. The van der Waals surface area contributed by atoms with E-state index in [9.17, 15) is 0 Å². The first-order valence-electron chi connectivity index (χ1n) is 7.33. The molecule has 21 heavy (non-hydrogen) atoms. The first-order valence-corrected chi connectivity index (χ1v) is 7.33. The molecule has 0 spiro atoms. The van der Waals surface area contributed by atoms with E-state index in [2.05, 4.69) is 13.2 Å². The molecule has 0 heterocycles. The molecule has 0 N–H and O–H groups in total. The van der Waals surface area contributed by atoms with Crippen LogP contribution in [0.25, 0.3) is 0 Å². The van der Waals surface area contributed by atoms with Crippen molar-refractivity contribution in [2.24, 2.45) is 0 Å². The van der Waals surface area contributed by atoms with Gasteiger partial charge in [0.15, 0.2) is 0 Å². The van der Waals surface area contributed by atoms with Crippen molar-refractivity contribution in [1.29, 1.82) is 0 Å². The number of rotatable bonds is 14. The van der Waals surface area contributed by atoms with E-state index < -0.39 is 0 Å². The third-order valence-corrected chi connectivity index (χ3v) is 2.62. The summed E-state index contributed by atoms with van der Waals surface area (Å²) in [7, 11) is 0. The normalized spacial score (nSPS) is 16.6. The Morgan fingerprint density at radius 2 is 1.10 bits per heavy atom. The molecule has 0 fully saturated rings. The second kappa shape index (κ2) is 12.7. The molecule has 124 valence electrons. The van der Waals surface area contributed by atoms with Crippen molar-refractivity contribution in [3.8, 4) is 0 Å². The molecule has 0 saturated carbocycles. The molecule has 0 saturated heterocycles. The molecular formula is C16H30O5. The van der Waals surface area contributed by atoms with Gasteiger partial charge in [-0.15, -0.1) is 0 Å². The van der Waals surface area contributed by atoms with E-state index in [0.717, 1.165) is 0 Å². The lowest BCUT2D eigenvalue weighted by Gasteiger charge is -2.20. The molecule has 0 aromatic rings. The van der Waals surface area contributed by atoms with E-state index in [1.54, 1.807) is 0 Å². The maximum Gasteiger partial charge on any atom is 0.118 e. The third kappa shape index (κ3) is 12.4. The van der Waals surface area contributed by atoms with E-state index in [1.165, 1.54) is 12.5 Å². The van der Waals surface area contributed by atoms with Crippen LogP contribution in [0.15, 0.2) is 25.7 Å². The predicted molar refractivity (Wildman–Crippen MR) is 83.1 cm³/mol. The maximum absolute atomic E-state index is 5.68. The molecule has 5 nitrogen and oxygen atoms in total. The third-order valence-electron chi connectivity index (χ3n) is 2.62. The molecule has 0 amide bonds. The van der Waals surface area contributed by atoms with Gasteiger partial charge in [0, 0.05) is 0 Å². The van der Waals surface area contributed by atoms with Gasteiger partial charge < -0.3 is 23.7 Å². The van der Waals surface area contributed by atoms with Crippen molar-refractivity contribution < 1.29 is 23.7 Å². The van der Waals surface area contributed by atoms with Crippen LogP contribution in [0, 0.1) is 0 Å². The summed E-state index contributed by atoms with van der Waals surface area (Å²) in [6.07, 6.45) is 2.85. The first kappa shape index (κ1) is 20.0. The van der Waals surface area contributed by atoms with Crippen molar-refractivity contribution in [3.05, 3.63) is 25.7 Å². The van der Waals surface area contributed by atoms with E-state index in [4.69, 9.17) is 23.7 Å². The molecule has 0 aliphatic heterocycles. The lowest BCUT2D eigenvalue weighted by Crippen LogP contribution is -2.27. The number of ether oxygens (including phenoxy) is 5. The number of hydrogen-bond acceptors (Lipinski definition) is 5. The molecule has 0 rings (SSSR count). The monoisotopic (exact) mass is 302 g/mol. The molecule has 4 atom stereocenters. The zero-order valence-electron chi connectivity index (χ0n) is 13.7. The summed E-state index contributed by atoms with van der Waals surface area (Å²) in [5, 5.41) is 0. The van der Waals surface area contributed by atoms with E-state index in [1.807, 2.05) is 27.7 Å². The Hall–Kier alpha value is -1.04. The summed E-state index contributed by atoms with van der Waals surface area (Å²) >= 11 is 0. The average molecular weight is 302 g/mol. The van der Waals surface area contributed by atoms with Gasteiger partial charge in [0.2, 0.25) is 0 Å². The van der Waals surface area contributed by atoms with E-state index in [0.29, 0.717) is 26.4 Å². The second-order valence-electron chi connectivity index (χ2n) is 5.05. The van der Waals surface area contributed by atoms with Gasteiger partial charge in [-0.1, -0.05) is 13.2 Å². The van der Waals surface area contributed by atoms with Crippen molar-refractivity contribution in [1.82, 2.24) is 0 Å². The van der Waals surface area contributed by atoms with Gasteiger partial charge in [0.25, 0.3) is 0 Å². The molecule has 4 unspecified atom stereocenters. The van der Waals surface area contributed by atoms with Crippen molar-refractivity contribution >= 4 is 0 Å². The van der Waals surface area contributed by atoms with Crippen LogP contribution in [0.5, 0.6) is 0 Å². The molecule has 0 aliphatic rings. The van der Waals surface area contributed by atoms with Gasteiger partial charge in [-0.25, -0.2) is 0 Å². The summed E-state index contributed by atoms with van der Waals surface area (Å²) in [5.41, 5.74) is 0. The molecule has 5 heteroatoms. The van der Waals surface area contributed by atoms with Crippen LogP contribution in [-0.2, 0) is 23.7 Å². The highest BCUT2D eigenvalue weighted by Gasteiger charge is 2.11. The standard InChI is InChI=1S/C16H30O5/c1-7-17-9-13(3)19-11-15(5)21-12-16(6)20-10-14(4)18-8-2/h7-8,13-16H,1-2,9-12H2,3-6H3. The lowest BCUT2D eigenvalue weighted by molar-refractivity contribution is -0.0837. The fraction of sp³-hybridized carbons (Fsp3) is 0.750. The summed E-state index contributed by atoms with van der Waals surface area (Å²) < 4.78 is 27.1. The summed E-state index contributed by atoms with van der Waals surface area (Å²) in [5.74, 6) is 0. The van der Waals surface area contributed by atoms with Gasteiger partial charge in [0.1, 0.15) is 12.7 Å². The fourth-order valence-electron chi connectivity index (χ4n) is 1.45. The average Bonchev–Trinajstić information content (AvgIpc) is 2.46. The Morgan fingerprint density at radius 3 is 1.52 bits per heavy atom. The lowest BCUT2D eigenvalue weighted by atomic mass is 10.3. The second-order valence-corrected chi connectivity index (χ2v) is 5.05. The Labute approximate surface area is 128 Å². The maximum atomic E-state index is 5.68. The zero-order valence-corrected chi connectivity index (χ0v) is 13.7. The number of hydrogen-bond donors (Lipinski definition) is 0. The van der Waals surface area contributed by atoms with Crippen LogP contribution in [-0.4, -0.2) is 50.8 Å². The zero-order chi connectivity index (χ0) is 16.1. The topological polar surface area (TPSA) is 46.2 Å². The van der Waals surface area contributed by atoms with Crippen LogP contribution < -0.4 is 0 Å². The molecule has 0 aromatic carbocycles. The first-order chi connectivity index (χ1) is 9.99. The van der Waals surface area contributed by atoms with Crippen LogP contribution in [0.1, 0.15) is 27.7 Å². The highest BCUT2D eigenvalue weighted by Crippen LogP contribution is 2.02. The van der Waals surface area contributed by atoms with E-state index in [-0.39, 0.29) is 24.4 Å². The minimum Gasteiger partial charge on any atom is -0.499 e. The molecular weight excluding hydrogens is 272 g/mol. The minimum absolute atomic E-state index is 0.00332.